The van der Waals surface area contributed by atoms with Crippen molar-refractivity contribution in [1.82, 2.24) is 9.80 Å². The first kappa shape index (κ1) is 15.6. The second-order valence-corrected chi connectivity index (χ2v) is 8.32. The van der Waals surface area contributed by atoms with Crippen molar-refractivity contribution in [1.29, 1.82) is 0 Å². The Labute approximate surface area is 142 Å². The standard InChI is InChI=1S/C19H26N2OS/c22-14-17-12-21(11-16(17)10-20-7-3-4-8-20)13-18-9-15-5-1-2-6-19(15)23-18/h1-2,5-6,9,16-17,22H,3-4,7-8,10-14H2/t16-,17-/m0/s1. The molecule has 3 nitrogen and oxygen atoms in total. The second-order valence-electron chi connectivity index (χ2n) is 7.16. The third-order valence-corrected chi connectivity index (χ3v) is 6.53. The minimum atomic E-state index is 0.335. The van der Waals surface area contributed by atoms with E-state index in [1.54, 1.807) is 0 Å². The number of nitrogens with zero attached hydrogens (tertiary/aromatic N) is 2. The third-order valence-electron chi connectivity index (χ3n) is 5.43. The zero-order valence-corrected chi connectivity index (χ0v) is 14.5. The summed E-state index contributed by atoms with van der Waals surface area (Å²) in [5.74, 6) is 1.08. The van der Waals surface area contributed by atoms with E-state index < -0.39 is 0 Å². The molecule has 0 bridgehead atoms. The maximum Gasteiger partial charge on any atom is 0.0475 e. The van der Waals surface area contributed by atoms with Crippen molar-refractivity contribution in [3.05, 3.63) is 35.2 Å². The summed E-state index contributed by atoms with van der Waals surface area (Å²) in [5.41, 5.74) is 0. The van der Waals surface area contributed by atoms with Gasteiger partial charge >= 0.3 is 0 Å². The highest BCUT2D eigenvalue weighted by Crippen LogP contribution is 2.30. The first-order valence-corrected chi connectivity index (χ1v) is 9.66. The van der Waals surface area contributed by atoms with Gasteiger partial charge in [0.05, 0.1) is 0 Å². The van der Waals surface area contributed by atoms with Gasteiger partial charge in [0.15, 0.2) is 0 Å². The largest absolute Gasteiger partial charge is 0.396 e. The molecule has 1 aromatic heterocycles. The topological polar surface area (TPSA) is 26.7 Å². The molecule has 23 heavy (non-hydrogen) atoms. The second kappa shape index (κ2) is 6.89. The quantitative estimate of drug-likeness (QED) is 0.913. The van der Waals surface area contributed by atoms with Crippen LogP contribution < -0.4 is 0 Å². The Morgan fingerprint density at radius 3 is 2.61 bits per heavy atom. The van der Waals surface area contributed by atoms with Crippen LogP contribution in [0.25, 0.3) is 10.1 Å². The van der Waals surface area contributed by atoms with Gasteiger partial charge < -0.3 is 10.0 Å². The van der Waals surface area contributed by atoms with Crippen LogP contribution in [0, 0.1) is 11.8 Å². The molecule has 4 rings (SSSR count). The summed E-state index contributed by atoms with van der Waals surface area (Å²) in [4.78, 5) is 6.59. The lowest BCUT2D eigenvalue weighted by Crippen LogP contribution is -2.31. The van der Waals surface area contributed by atoms with Crippen LogP contribution in [-0.4, -0.2) is 54.2 Å². The summed E-state index contributed by atoms with van der Waals surface area (Å²) in [6.07, 6.45) is 2.70. The van der Waals surface area contributed by atoms with Gasteiger partial charge in [-0.3, -0.25) is 4.90 Å². The van der Waals surface area contributed by atoms with Gasteiger partial charge in [0.25, 0.3) is 0 Å². The molecular formula is C19H26N2OS. The number of hydrogen-bond acceptors (Lipinski definition) is 4. The maximum atomic E-state index is 9.77. The summed E-state index contributed by atoms with van der Waals surface area (Å²) in [5, 5.41) is 11.1. The van der Waals surface area contributed by atoms with Crippen molar-refractivity contribution in [3.8, 4) is 0 Å². The highest BCUT2D eigenvalue weighted by atomic mass is 32.1. The summed E-state index contributed by atoms with van der Waals surface area (Å²) in [7, 11) is 0. The van der Waals surface area contributed by atoms with E-state index in [9.17, 15) is 5.11 Å². The van der Waals surface area contributed by atoms with Gasteiger partial charge in [-0.25, -0.2) is 0 Å². The Balaban J connectivity index is 1.41. The van der Waals surface area contributed by atoms with Gasteiger partial charge in [0.2, 0.25) is 0 Å². The van der Waals surface area contributed by atoms with Crippen molar-refractivity contribution in [2.24, 2.45) is 11.8 Å². The van der Waals surface area contributed by atoms with Crippen molar-refractivity contribution >= 4 is 21.4 Å². The first-order valence-electron chi connectivity index (χ1n) is 8.85. The Morgan fingerprint density at radius 1 is 1.04 bits per heavy atom. The first-order chi connectivity index (χ1) is 11.3. The van der Waals surface area contributed by atoms with Gasteiger partial charge in [0, 0.05) is 42.4 Å². The Bertz CT molecular complexity index is 617. The minimum absolute atomic E-state index is 0.335. The van der Waals surface area contributed by atoms with Crippen LogP contribution in [0.5, 0.6) is 0 Å². The van der Waals surface area contributed by atoms with Crippen LogP contribution in [0.4, 0.5) is 0 Å². The molecule has 2 atom stereocenters. The number of benzene rings is 1. The molecule has 2 fully saturated rings. The van der Waals surface area contributed by atoms with E-state index in [0.717, 1.165) is 19.6 Å². The monoisotopic (exact) mass is 330 g/mol. The number of hydrogen-bond donors (Lipinski definition) is 1. The molecule has 0 amide bonds. The highest BCUT2D eigenvalue weighted by molar-refractivity contribution is 7.19. The number of fused-ring (bicyclic) bond motifs is 1. The lowest BCUT2D eigenvalue weighted by atomic mass is 9.96. The van der Waals surface area contributed by atoms with Gasteiger partial charge in [-0.05, 0) is 55.3 Å². The molecule has 4 heteroatoms. The number of rotatable bonds is 5. The normalized spacial score (nSPS) is 26.5. The van der Waals surface area contributed by atoms with Gasteiger partial charge in [0.1, 0.15) is 0 Å². The Morgan fingerprint density at radius 2 is 1.83 bits per heavy atom. The molecule has 1 aromatic carbocycles. The molecule has 0 saturated carbocycles. The fourth-order valence-corrected chi connectivity index (χ4v) is 5.32. The molecule has 2 aliphatic rings. The minimum Gasteiger partial charge on any atom is -0.396 e. The SMILES string of the molecule is OC[C@@H]1CN(Cc2cc3ccccc3s2)C[C@@H]1CN1CCCC1. The zero-order valence-electron chi connectivity index (χ0n) is 13.7. The zero-order chi connectivity index (χ0) is 15.6. The van der Waals surface area contributed by atoms with Crippen LogP contribution in [-0.2, 0) is 6.54 Å². The molecule has 0 spiro atoms. The molecule has 1 N–H and O–H groups in total. The molecule has 2 aliphatic heterocycles. The molecule has 0 radical (unpaired) electrons. The van der Waals surface area contributed by atoms with Crippen LogP contribution in [0.1, 0.15) is 17.7 Å². The predicted octanol–water partition coefficient (Wildman–Crippen LogP) is 3.04. The summed E-state index contributed by atoms with van der Waals surface area (Å²) in [6, 6.07) is 11.0. The lowest BCUT2D eigenvalue weighted by Gasteiger charge is -2.23. The predicted molar refractivity (Wildman–Crippen MR) is 96.8 cm³/mol. The van der Waals surface area contributed by atoms with Crippen LogP contribution in [0.3, 0.4) is 0 Å². The fourth-order valence-electron chi connectivity index (χ4n) is 4.21. The van der Waals surface area contributed by atoms with Gasteiger partial charge in [-0.1, -0.05) is 18.2 Å². The summed E-state index contributed by atoms with van der Waals surface area (Å²) < 4.78 is 1.38. The average Bonchev–Trinajstić information content (AvgIpc) is 3.27. The molecule has 3 heterocycles. The van der Waals surface area contributed by atoms with Crippen LogP contribution in [0.2, 0.25) is 0 Å². The van der Waals surface area contributed by atoms with E-state index in [2.05, 4.69) is 40.1 Å². The summed E-state index contributed by atoms with van der Waals surface area (Å²) in [6.45, 7) is 7.23. The molecule has 124 valence electrons. The van der Waals surface area contributed by atoms with E-state index in [4.69, 9.17) is 0 Å². The van der Waals surface area contributed by atoms with Crippen LogP contribution >= 0.6 is 11.3 Å². The third kappa shape index (κ3) is 3.45. The molecule has 2 saturated heterocycles. The van der Waals surface area contributed by atoms with E-state index in [-0.39, 0.29) is 0 Å². The average molecular weight is 330 g/mol. The summed E-state index contributed by atoms with van der Waals surface area (Å²) >= 11 is 1.91. The Hall–Kier alpha value is -0.940. The van der Waals surface area contributed by atoms with E-state index >= 15 is 0 Å². The number of aliphatic hydroxyl groups is 1. The van der Waals surface area contributed by atoms with Gasteiger partial charge in [-0.2, -0.15) is 0 Å². The van der Waals surface area contributed by atoms with E-state index in [0.29, 0.717) is 18.4 Å². The molecule has 0 aliphatic carbocycles. The molecule has 0 unspecified atom stereocenters. The Kier molecular flexibility index (Phi) is 4.67. The lowest BCUT2D eigenvalue weighted by molar-refractivity contribution is 0.175. The van der Waals surface area contributed by atoms with E-state index in [1.165, 1.54) is 47.4 Å². The van der Waals surface area contributed by atoms with Gasteiger partial charge in [-0.15, -0.1) is 11.3 Å². The van der Waals surface area contributed by atoms with Crippen LogP contribution in [0.15, 0.2) is 30.3 Å². The van der Waals surface area contributed by atoms with E-state index in [1.807, 2.05) is 11.3 Å². The number of likely N-dealkylation sites (tertiary alicyclic amines) is 2. The molecule has 2 aromatic rings. The highest BCUT2D eigenvalue weighted by Gasteiger charge is 2.33. The number of aliphatic hydroxyl groups excluding tert-OH is 1. The van der Waals surface area contributed by atoms with Crippen molar-refractivity contribution in [3.63, 3.8) is 0 Å². The van der Waals surface area contributed by atoms with Crippen molar-refractivity contribution in [2.75, 3.05) is 39.3 Å². The fraction of sp³-hybridized carbons (Fsp3) is 0.579. The van der Waals surface area contributed by atoms with Crippen molar-refractivity contribution in [2.45, 2.75) is 19.4 Å². The molecular weight excluding hydrogens is 304 g/mol. The maximum absolute atomic E-state index is 9.77. The smallest absolute Gasteiger partial charge is 0.0475 e. The number of thiophene rings is 1. The van der Waals surface area contributed by atoms with Crippen molar-refractivity contribution < 1.29 is 5.11 Å².